The fraction of sp³-hybridized carbons (Fsp3) is 0.688. The molecule has 0 saturated heterocycles. The molecule has 1 aromatic heterocycles. The van der Waals surface area contributed by atoms with E-state index in [9.17, 15) is 4.79 Å². The van der Waals surface area contributed by atoms with Gasteiger partial charge in [-0.05, 0) is 45.2 Å². The third-order valence-electron chi connectivity index (χ3n) is 3.95. The SMILES string of the molecule is CCN(CC)CCCN(CC)CCn1cc(N)ccc1=O. The van der Waals surface area contributed by atoms with Crippen LogP contribution < -0.4 is 11.3 Å². The van der Waals surface area contributed by atoms with Crippen molar-refractivity contribution in [2.24, 2.45) is 0 Å². The van der Waals surface area contributed by atoms with Gasteiger partial charge in [0.25, 0.3) is 5.56 Å². The van der Waals surface area contributed by atoms with E-state index >= 15 is 0 Å². The minimum absolute atomic E-state index is 0.0170. The van der Waals surface area contributed by atoms with Crippen molar-refractivity contribution in [1.29, 1.82) is 0 Å². The summed E-state index contributed by atoms with van der Waals surface area (Å²) in [5.74, 6) is 0. The molecule has 0 amide bonds. The zero-order valence-electron chi connectivity index (χ0n) is 13.7. The molecule has 1 heterocycles. The van der Waals surface area contributed by atoms with Crippen LogP contribution in [0.15, 0.2) is 23.1 Å². The van der Waals surface area contributed by atoms with Crippen molar-refractivity contribution >= 4 is 5.69 Å². The third kappa shape index (κ3) is 6.31. The minimum Gasteiger partial charge on any atom is -0.398 e. The molecule has 5 nitrogen and oxygen atoms in total. The van der Waals surface area contributed by atoms with E-state index in [2.05, 4.69) is 30.6 Å². The molecule has 0 aromatic carbocycles. The van der Waals surface area contributed by atoms with Crippen LogP contribution >= 0.6 is 0 Å². The quantitative estimate of drug-likeness (QED) is 0.710. The van der Waals surface area contributed by atoms with Crippen molar-refractivity contribution in [1.82, 2.24) is 14.4 Å². The summed E-state index contributed by atoms with van der Waals surface area (Å²) in [5, 5.41) is 0. The standard InChI is InChI=1S/C16H30N4O/c1-4-18(5-2)10-7-11-19(6-3)12-13-20-14-15(17)8-9-16(20)21/h8-9,14H,4-7,10-13,17H2,1-3H3. The van der Waals surface area contributed by atoms with Gasteiger partial charge in [-0.3, -0.25) is 4.79 Å². The largest absolute Gasteiger partial charge is 0.398 e. The highest BCUT2D eigenvalue weighted by molar-refractivity contribution is 5.33. The van der Waals surface area contributed by atoms with Crippen LogP contribution in [0, 0.1) is 0 Å². The first-order chi connectivity index (χ1) is 10.1. The van der Waals surface area contributed by atoms with Gasteiger partial charge in [-0.15, -0.1) is 0 Å². The summed E-state index contributed by atoms with van der Waals surface area (Å²) in [7, 11) is 0. The van der Waals surface area contributed by atoms with Crippen LogP contribution in [0.4, 0.5) is 5.69 Å². The van der Waals surface area contributed by atoms with E-state index in [4.69, 9.17) is 5.73 Å². The Kier molecular flexibility index (Phi) is 8.08. The molecule has 0 radical (unpaired) electrons. The molecule has 0 spiro atoms. The summed E-state index contributed by atoms with van der Waals surface area (Å²) in [4.78, 5) is 16.6. The van der Waals surface area contributed by atoms with E-state index < -0.39 is 0 Å². The van der Waals surface area contributed by atoms with Crippen LogP contribution in [-0.4, -0.2) is 53.6 Å². The van der Waals surface area contributed by atoms with E-state index in [1.807, 2.05) is 0 Å². The van der Waals surface area contributed by atoms with Gasteiger partial charge >= 0.3 is 0 Å². The van der Waals surface area contributed by atoms with Crippen molar-refractivity contribution in [3.05, 3.63) is 28.7 Å². The van der Waals surface area contributed by atoms with E-state index in [1.54, 1.807) is 16.8 Å². The van der Waals surface area contributed by atoms with Gasteiger partial charge in [-0.1, -0.05) is 20.8 Å². The first kappa shape index (κ1) is 17.7. The Morgan fingerprint density at radius 3 is 2.24 bits per heavy atom. The van der Waals surface area contributed by atoms with Crippen molar-refractivity contribution in [2.45, 2.75) is 33.7 Å². The number of rotatable bonds is 10. The van der Waals surface area contributed by atoms with Crippen molar-refractivity contribution in [3.8, 4) is 0 Å². The number of nitrogens with two attached hydrogens (primary N) is 1. The summed E-state index contributed by atoms with van der Waals surface area (Å²) in [6.45, 7) is 13.6. The fourth-order valence-corrected chi connectivity index (χ4v) is 2.46. The average Bonchev–Trinajstić information content (AvgIpc) is 2.50. The normalized spacial score (nSPS) is 11.5. The number of anilines is 1. The molecular formula is C16H30N4O. The maximum absolute atomic E-state index is 11.7. The predicted molar refractivity (Wildman–Crippen MR) is 89.6 cm³/mol. The maximum Gasteiger partial charge on any atom is 0.250 e. The molecule has 0 aliphatic carbocycles. The van der Waals surface area contributed by atoms with Crippen LogP contribution in [0.5, 0.6) is 0 Å². The summed E-state index contributed by atoms with van der Waals surface area (Å²) < 4.78 is 1.70. The Bertz CT molecular complexity index is 454. The summed E-state index contributed by atoms with van der Waals surface area (Å²) in [5.41, 5.74) is 6.39. The lowest BCUT2D eigenvalue weighted by Gasteiger charge is -2.23. The second-order valence-corrected chi connectivity index (χ2v) is 5.31. The summed E-state index contributed by atoms with van der Waals surface area (Å²) in [6, 6.07) is 3.19. The molecule has 2 N–H and O–H groups in total. The molecule has 120 valence electrons. The van der Waals surface area contributed by atoms with Crippen LogP contribution in [0.2, 0.25) is 0 Å². The smallest absolute Gasteiger partial charge is 0.250 e. The number of hydrogen-bond acceptors (Lipinski definition) is 4. The van der Waals surface area contributed by atoms with Gasteiger partial charge in [-0.25, -0.2) is 0 Å². The lowest BCUT2D eigenvalue weighted by molar-refractivity contribution is 0.237. The Labute approximate surface area is 128 Å². The molecule has 0 aliphatic rings. The van der Waals surface area contributed by atoms with Crippen LogP contribution in [0.3, 0.4) is 0 Å². The number of likely N-dealkylation sites (N-methyl/N-ethyl adjacent to an activating group) is 1. The van der Waals surface area contributed by atoms with Crippen molar-refractivity contribution in [3.63, 3.8) is 0 Å². The molecule has 5 heteroatoms. The van der Waals surface area contributed by atoms with Crippen LogP contribution in [0.25, 0.3) is 0 Å². The van der Waals surface area contributed by atoms with Crippen LogP contribution in [0.1, 0.15) is 27.2 Å². The van der Waals surface area contributed by atoms with E-state index in [-0.39, 0.29) is 5.56 Å². The van der Waals surface area contributed by atoms with Gasteiger partial charge in [0.05, 0.1) is 0 Å². The van der Waals surface area contributed by atoms with E-state index in [1.165, 1.54) is 12.5 Å². The van der Waals surface area contributed by atoms with Crippen molar-refractivity contribution < 1.29 is 0 Å². The molecule has 1 aromatic rings. The molecule has 0 fully saturated rings. The highest BCUT2D eigenvalue weighted by atomic mass is 16.1. The lowest BCUT2D eigenvalue weighted by Crippen LogP contribution is -2.33. The second-order valence-electron chi connectivity index (χ2n) is 5.31. The molecule has 21 heavy (non-hydrogen) atoms. The highest BCUT2D eigenvalue weighted by Crippen LogP contribution is 1.99. The van der Waals surface area contributed by atoms with Crippen molar-refractivity contribution in [2.75, 3.05) is 45.0 Å². The lowest BCUT2D eigenvalue weighted by atomic mass is 10.3. The number of pyridine rings is 1. The number of aromatic nitrogens is 1. The maximum atomic E-state index is 11.7. The molecule has 0 atom stereocenters. The second kappa shape index (κ2) is 9.58. The van der Waals surface area contributed by atoms with Gasteiger partial charge in [-0.2, -0.15) is 0 Å². The molecule has 0 unspecified atom stereocenters. The molecule has 0 saturated carbocycles. The summed E-state index contributed by atoms with van der Waals surface area (Å²) in [6.07, 6.45) is 2.90. The number of nitrogens with zero attached hydrogens (tertiary/aromatic N) is 3. The average molecular weight is 294 g/mol. The van der Waals surface area contributed by atoms with E-state index in [0.717, 1.165) is 39.3 Å². The Balaban J connectivity index is 2.40. The molecule has 0 aliphatic heterocycles. The fourth-order valence-electron chi connectivity index (χ4n) is 2.46. The zero-order chi connectivity index (χ0) is 15.7. The Morgan fingerprint density at radius 2 is 1.62 bits per heavy atom. The van der Waals surface area contributed by atoms with E-state index in [0.29, 0.717) is 12.2 Å². The first-order valence-corrected chi connectivity index (χ1v) is 8.01. The minimum atomic E-state index is 0.0170. The molecule has 1 rings (SSSR count). The van der Waals surface area contributed by atoms with Gasteiger partial charge in [0, 0.05) is 31.0 Å². The highest BCUT2D eigenvalue weighted by Gasteiger charge is 2.05. The van der Waals surface area contributed by atoms with Gasteiger partial charge in [0.15, 0.2) is 0 Å². The zero-order valence-corrected chi connectivity index (χ0v) is 13.7. The third-order valence-corrected chi connectivity index (χ3v) is 3.95. The topological polar surface area (TPSA) is 54.5 Å². The monoisotopic (exact) mass is 294 g/mol. The van der Waals surface area contributed by atoms with Gasteiger partial charge in [0.1, 0.15) is 0 Å². The Hall–Kier alpha value is -1.33. The first-order valence-electron chi connectivity index (χ1n) is 8.01. The van der Waals surface area contributed by atoms with Gasteiger partial charge in [0.2, 0.25) is 0 Å². The van der Waals surface area contributed by atoms with Crippen LogP contribution in [-0.2, 0) is 6.54 Å². The number of nitrogen functional groups attached to an aromatic ring is 1. The molecule has 0 bridgehead atoms. The predicted octanol–water partition coefficient (Wildman–Crippen LogP) is 1.48. The van der Waals surface area contributed by atoms with Gasteiger partial charge < -0.3 is 20.1 Å². The summed E-state index contributed by atoms with van der Waals surface area (Å²) >= 11 is 0. The molecular weight excluding hydrogens is 264 g/mol. The Morgan fingerprint density at radius 1 is 1.00 bits per heavy atom. The number of hydrogen-bond donors (Lipinski definition) is 1.